The second-order valence-corrected chi connectivity index (χ2v) is 9.46. The van der Waals surface area contributed by atoms with Crippen LogP contribution in [0.3, 0.4) is 0 Å². The Labute approximate surface area is 172 Å². The lowest BCUT2D eigenvalue weighted by Gasteiger charge is -2.31. The van der Waals surface area contributed by atoms with Gasteiger partial charge in [-0.15, -0.1) is 0 Å². The van der Waals surface area contributed by atoms with E-state index in [-0.39, 0.29) is 11.7 Å². The fourth-order valence-corrected chi connectivity index (χ4v) is 5.34. The van der Waals surface area contributed by atoms with Crippen LogP contribution in [-0.4, -0.2) is 31.7 Å². The summed E-state index contributed by atoms with van der Waals surface area (Å²) in [5.74, 6) is 0.00929. The van der Waals surface area contributed by atoms with Gasteiger partial charge in [0.25, 0.3) is 0 Å². The standard InChI is InChI=1S/C22H27FN2O3S/c1-17-4-2-3-5-21(17)29(27,28)25-14-12-18(13-15-25)8-11-22(26)24-16-19-6-9-20(23)10-7-19/h2-7,9-10,18H,8,11-16H2,1H3,(H,24,26). The molecule has 1 N–H and O–H groups in total. The number of hydrogen-bond donors (Lipinski definition) is 1. The minimum atomic E-state index is -3.46. The smallest absolute Gasteiger partial charge is 0.243 e. The summed E-state index contributed by atoms with van der Waals surface area (Å²) in [6.07, 6.45) is 2.68. The molecule has 0 spiro atoms. The Morgan fingerprint density at radius 1 is 1.10 bits per heavy atom. The average molecular weight is 419 g/mol. The van der Waals surface area contributed by atoms with Crippen molar-refractivity contribution in [1.29, 1.82) is 0 Å². The molecule has 5 nitrogen and oxygen atoms in total. The minimum Gasteiger partial charge on any atom is -0.352 e. The highest BCUT2D eigenvalue weighted by molar-refractivity contribution is 7.89. The van der Waals surface area contributed by atoms with E-state index in [1.54, 1.807) is 28.6 Å². The highest BCUT2D eigenvalue weighted by Gasteiger charge is 2.30. The monoisotopic (exact) mass is 418 g/mol. The molecule has 7 heteroatoms. The number of carbonyl (C=O) groups is 1. The van der Waals surface area contributed by atoms with E-state index in [2.05, 4.69) is 5.32 Å². The van der Waals surface area contributed by atoms with E-state index in [1.165, 1.54) is 12.1 Å². The zero-order chi connectivity index (χ0) is 20.9. The number of amides is 1. The first kappa shape index (κ1) is 21.5. The fourth-order valence-electron chi connectivity index (χ4n) is 3.65. The number of benzene rings is 2. The fraction of sp³-hybridized carbons (Fsp3) is 0.409. The molecule has 1 aliphatic rings. The normalized spacial score (nSPS) is 15.9. The van der Waals surface area contributed by atoms with Crippen LogP contribution in [0.25, 0.3) is 0 Å². The van der Waals surface area contributed by atoms with E-state index in [0.29, 0.717) is 36.9 Å². The molecule has 1 heterocycles. The molecule has 1 saturated heterocycles. The zero-order valence-electron chi connectivity index (χ0n) is 16.6. The number of nitrogens with one attached hydrogen (secondary N) is 1. The predicted octanol–water partition coefficient (Wildman–Crippen LogP) is 3.63. The lowest BCUT2D eigenvalue weighted by molar-refractivity contribution is -0.121. The predicted molar refractivity (Wildman–Crippen MR) is 110 cm³/mol. The summed E-state index contributed by atoms with van der Waals surface area (Å²) in [5.41, 5.74) is 1.61. The van der Waals surface area contributed by atoms with Crippen LogP contribution in [-0.2, 0) is 21.4 Å². The molecule has 0 radical (unpaired) electrons. The maximum absolute atomic E-state index is 12.9. The minimum absolute atomic E-state index is 0.0377. The number of halogens is 1. The average Bonchev–Trinajstić information content (AvgIpc) is 2.72. The van der Waals surface area contributed by atoms with Crippen molar-refractivity contribution in [2.45, 2.75) is 44.0 Å². The van der Waals surface area contributed by atoms with Crippen molar-refractivity contribution in [1.82, 2.24) is 9.62 Å². The summed E-state index contributed by atoms with van der Waals surface area (Å²) in [7, 11) is -3.46. The van der Waals surface area contributed by atoms with Gasteiger partial charge in [0.15, 0.2) is 0 Å². The Morgan fingerprint density at radius 2 is 1.76 bits per heavy atom. The summed E-state index contributed by atoms with van der Waals surface area (Å²) in [6.45, 7) is 3.16. The second kappa shape index (κ2) is 9.50. The SMILES string of the molecule is Cc1ccccc1S(=O)(=O)N1CCC(CCC(=O)NCc2ccc(F)cc2)CC1. The Morgan fingerprint density at radius 3 is 2.41 bits per heavy atom. The van der Waals surface area contributed by atoms with E-state index in [9.17, 15) is 17.6 Å². The molecular weight excluding hydrogens is 391 g/mol. The van der Waals surface area contributed by atoms with Gasteiger partial charge in [-0.25, -0.2) is 12.8 Å². The largest absolute Gasteiger partial charge is 0.352 e. The van der Waals surface area contributed by atoms with Gasteiger partial charge in [0.1, 0.15) is 5.82 Å². The van der Waals surface area contributed by atoms with E-state index in [1.807, 2.05) is 19.1 Å². The zero-order valence-corrected chi connectivity index (χ0v) is 17.4. The number of carbonyl (C=O) groups excluding carboxylic acids is 1. The number of hydrogen-bond acceptors (Lipinski definition) is 3. The van der Waals surface area contributed by atoms with Crippen LogP contribution >= 0.6 is 0 Å². The van der Waals surface area contributed by atoms with Gasteiger partial charge >= 0.3 is 0 Å². The van der Waals surface area contributed by atoms with Crippen molar-refractivity contribution in [2.24, 2.45) is 5.92 Å². The van der Waals surface area contributed by atoms with E-state index >= 15 is 0 Å². The number of sulfonamides is 1. The van der Waals surface area contributed by atoms with Crippen molar-refractivity contribution >= 4 is 15.9 Å². The number of nitrogens with zero attached hydrogens (tertiary/aromatic N) is 1. The molecule has 1 aliphatic heterocycles. The third-order valence-electron chi connectivity index (χ3n) is 5.47. The quantitative estimate of drug-likeness (QED) is 0.747. The molecule has 2 aromatic rings. The molecular formula is C22H27FN2O3S. The maximum atomic E-state index is 12.9. The molecule has 156 valence electrons. The van der Waals surface area contributed by atoms with Gasteiger partial charge in [0.05, 0.1) is 4.90 Å². The Bertz CT molecular complexity index is 937. The Hall–Kier alpha value is -2.25. The molecule has 1 fully saturated rings. The van der Waals surface area contributed by atoms with Crippen LogP contribution in [0.5, 0.6) is 0 Å². The van der Waals surface area contributed by atoms with Crippen molar-refractivity contribution in [3.8, 4) is 0 Å². The van der Waals surface area contributed by atoms with Crippen LogP contribution in [0.15, 0.2) is 53.4 Å². The third-order valence-corrected chi connectivity index (χ3v) is 7.53. The lowest BCUT2D eigenvalue weighted by atomic mass is 9.93. The van der Waals surface area contributed by atoms with Gasteiger partial charge in [0.2, 0.25) is 15.9 Å². The van der Waals surface area contributed by atoms with Gasteiger partial charge in [0, 0.05) is 26.1 Å². The lowest BCUT2D eigenvalue weighted by Crippen LogP contribution is -2.39. The van der Waals surface area contributed by atoms with Crippen molar-refractivity contribution in [3.63, 3.8) is 0 Å². The van der Waals surface area contributed by atoms with Gasteiger partial charge in [-0.1, -0.05) is 30.3 Å². The second-order valence-electron chi connectivity index (χ2n) is 7.55. The molecule has 0 bridgehead atoms. The Balaban J connectivity index is 1.43. The molecule has 0 aliphatic carbocycles. The van der Waals surface area contributed by atoms with E-state index < -0.39 is 10.0 Å². The van der Waals surface area contributed by atoms with Crippen LogP contribution in [0, 0.1) is 18.7 Å². The summed E-state index contributed by atoms with van der Waals surface area (Å²) in [6, 6.07) is 13.1. The van der Waals surface area contributed by atoms with Crippen molar-refractivity contribution in [2.75, 3.05) is 13.1 Å². The van der Waals surface area contributed by atoms with E-state index in [0.717, 1.165) is 30.4 Å². The Kier molecular flexibility index (Phi) is 7.03. The third kappa shape index (κ3) is 5.64. The van der Waals surface area contributed by atoms with Crippen LogP contribution < -0.4 is 5.32 Å². The molecule has 0 unspecified atom stereocenters. The maximum Gasteiger partial charge on any atom is 0.243 e. The first-order chi connectivity index (χ1) is 13.9. The van der Waals surface area contributed by atoms with Gasteiger partial charge < -0.3 is 5.32 Å². The first-order valence-corrected chi connectivity index (χ1v) is 11.4. The molecule has 0 saturated carbocycles. The summed E-state index contributed by atoms with van der Waals surface area (Å²) >= 11 is 0. The molecule has 3 rings (SSSR count). The van der Waals surface area contributed by atoms with Crippen molar-refractivity contribution < 1.29 is 17.6 Å². The van der Waals surface area contributed by atoms with E-state index in [4.69, 9.17) is 0 Å². The number of rotatable bonds is 7. The van der Waals surface area contributed by atoms with Crippen LogP contribution in [0.2, 0.25) is 0 Å². The highest BCUT2D eigenvalue weighted by atomic mass is 32.2. The molecule has 0 aromatic heterocycles. The molecule has 29 heavy (non-hydrogen) atoms. The summed E-state index contributed by atoms with van der Waals surface area (Å²) < 4.78 is 40.2. The topological polar surface area (TPSA) is 66.5 Å². The highest BCUT2D eigenvalue weighted by Crippen LogP contribution is 2.27. The molecule has 1 amide bonds. The number of aryl methyl sites for hydroxylation is 1. The first-order valence-electron chi connectivity index (χ1n) is 9.93. The molecule has 2 aromatic carbocycles. The van der Waals surface area contributed by atoms with Crippen molar-refractivity contribution in [3.05, 3.63) is 65.5 Å². The number of piperidine rings is 1. The summed E-state index contributed by atoms with van der Waals surface area (Å²) in [4.78, 5) is 12.5. The summed E-state index contributed by atoms with van der Waals surface area (Å²) in [5, 5.41) is 2.85. The van der Waals surface area contributed by atoms with Gasteiger partial charge in [-0.05, 0) is 61.4 Å². The van der Waals surface area contributed by atoms with Gasteiger partial charge in [-0.2, -0.15) is 4.31 Å². The van der Waals surface area contributed by atoms with Gasteiger partial charge in [-0.3, -0.25) is 4.79 Å². The van der Waals surface area contributed by atoms with Crippen LogP contribution in [0.4, 0.5) is 4.39 Å². The van der Waals surface area contributed by atoms with Crippen LogP contribution in [0.1, 0.15) is 36.8 Å². The molecule has 0 atom stereocenters.